The van der Waals surface area contributed by atoms with Crippen LogP contribution in [0.25, 0.3) is 11.1 Å². The minimum absolute atomic E-state index is 0.0957. The van der Waals surface area contributed by atoms with Crippen molar-refractivity contribution in [1.82, 2.24) is 5.32 Å². The number of methoxy groups -OCH3 is 1. The van der Waals surface area contributed by atoms with Crippen LogP contribution in [0.3, 0.4) is 0 Å². The summed E-state index contributed by atoms with van der Waals surface area (Å²) in [5.74, 6) is -0.0427. The molecule has 3 aromatic rings. The van der Waals surface area contributed by atoms with Crippen LogP contribution in [0.15, 0.2) is 72.8 Å². The lowest BCUT2D eigenvalue weighted by Gasteiger charge is -2.18. The molecule has 0 fully saturated rings. The molecular formula is C28H28F3NO4. The quantitative estimate of drug-likeness (QED) is 0.344. The van der Waals surface area contributed by atoms with E-state index in [1.54, 1.807) is 24.3 Å². The predicted octanol–water partition coefficient (Wildman–Crippen LogP) is 6.07. The summed E-state index contributed by atoms with van der Waals surface area (Å²) in [5.41, 5.74) is 2.38. The van der Waals surface area contributed by atoms with Crippen molar-refractivity contribution in [3.63, 3.8) is 0 Å². The predicted molar refractivity (Wildman–Crippen MR) is 131 cm³/mol. The molecule has 0 aliphatic heterocycles. The first-order chi connectivity index (χ1) is 17.2. The van der Waals surface area contributed by atoms with Crippen molar-refractivity contribution in [2.24, 2.45) is 0 Å². The van der Waals surface area contributed by atoms with Crippen molar-refractivity contribution in [2.75, 3.05) is 13.7 Å². The number of rotatable bonds is 10. The number of carbonyl (C=O) groups excluding carboxylic acids is 2. The summed E-state index contributed by atoms with van der Waals surface area (Å²) in [6.07, 6.45) is -2.93. The van der Waals surface area contributed by atoms with Gasteiger partial charge in [0.05, 0.1) is 19.1 Å². The Kier molecular flexibility index (Phi) is 9.11. The molecule has 1 amide bonds. The summed E-state index contributed by atoms with van der Waals surface area (Å²) < 4.78 is 49.0. The van der Waals surface area contributed by atoms with Crippen molar-refractivity contribution in [3.8, 4) is 16.9 Å². The smallest absolute Gasteiger partial charge is 0.416 e. The maximum atomic E-state index is 12.8. The zero-order valence-electron chi connectivity index (χ0n) is 20.1. The van der Waals surface area contributed by atoms with E-state index in [4.69, 9.17) is 4.74 Å². The number of halogens is 3. The van der Waals surface area contributed by atoms with E-state index >= 15 is 0 Å². The largest absolute Gasteiger partial charge is 0.490 e. The van der Waals surface area contributed by atoms with Gasteiger partial charge in [-0.05, 0) is 59.5 Å². The summed E-state index contributed by atoms with van der Waals surface area (Å²) in [6.45, 7) is 2.21. The van der Waals surface area contributed by atoms with Crippen LogP contribution >= 0.6 is 0 Å². The molecule has 0 saturated heterocycles. The maximum Gasteiger partial charge on any atom is 0.416 e. The molecule has 5 nitrogen and oxygen atoms in total. The number of hydrogen-bond acceptors (Lipinski definition) is 4. The molecule has 0 aromatic heterocycles. The second-order valence-electron chi connectivity index (χ2n) is 8.23. The van der Waals surface area contributed by atoms with Gasteiger partial charge >= 0.3 is 12.1 Å². The average molecular weight is 500 g/mol. The highest BCUT2D eigenvalue weighted by molar-refractivity contribution is 5.94. The molecule has 1 unspecified atom stereocenters. The molecule has 0 aliphatic rings. The van der Waals surface area contributed by atoms with Gasteiger partial charge in [-0.3, -0.25) is 9.59 Å². The molecule has 3 rings (SSSR count). The third-order valence-corrected chi connectivity index (χ3v) is 5.68. The number of hydrogen-bond donors (Lipinski definition) is 1. The molecule has 36 heavy (non-hydrogen) atoms. The van der Waals surface area contributed by atoms with Gasteiger partial charge in [-0.2, -0.15) is 13.2 Å². The summed E-state index contributed by atoms with van der Waals surface area (Å²) in [4.78, 5) is 23.3. The van der Waals surface area contributed by atoms with Crippen LogP contribution in [0.2, 0.25) is 0 Å². The van der Waals surface area contributed by atoms with Crippen LogP contribution in [0.4, 0.5) is 13.2 Å². The Bertz CT molecular complexity index is 1140. The molecule has 0 aliphatic carbocycles. The highest BCUT2D eigenvalue weighted by Crippen LogP contribution is 2.31. The van der Waals surface area contributed by atoms with Gasteiger partial charge in [-0.25, -0.2) is 0 Å². The second-order valence-corrected chi connectivity index (χ2v) is 8.23. The fourth-order valence-electron chi connectivity index (χ4n) is 3.58. The van der Waals surface area contributed by atoms with E-state index in [-0.39, 0.29) is 30.9 Å². The van der Waals surface area contributed by atoms with E-state index in [2.05, 4.69) is 10.1 Å². The van der Waals surface area contributed by atoms with Crippen LogP contribution in [-0.2, 0) is 22.1 Å². The van der Waals surface area contributed by atoms with E-state index in [0.717, 1.165) is 29.7 Å². The Balaban J connectivity index is 1.55. The fourth-order valence-corrected chi connectivity index (χ4v) is 3.58. The normalized spacial score (nSPS) is 12.0. The number of alkyl halides is 3. The van der Waals surface area contributed by atoms with E-state index in [9.17, 15) is 22.8 Å². The number of ether oxygens (including phenoxy) is 2. The van der Waals surface area contributed by atoms with Gasteiger partial charge in [-0.15, -0.1) is 0 Å². The second kappa shape index (κ2) is 12.2. The molecule has 0 heterocycles. The number of benzene rings is 3. The summed E-state index contributed by atoms with van der Waals surface area (Å²) in [6, 6.07) is 19.6. The minimum atomic E-state index is -4.35. The van der Waals surface area contributed by atoms with Crippen molar-refractivity contribution in [3.05, 3.63) is 89.5 Å². The fraction of sp³-hybridized carbons (Fsp3) is 0.286. The SMILES string of the molecule is CCC(Cc1ccc(-c2ccc(C(F)(F)F)cc2)cc1)Oc1ccc(C(=O)NCCC(=O)OC)cc1. The topological polar surface area (TPSA) is 64.6 Å². The maximum absolute atomic E-state index is 12.8. The van der Waals surface area contributed by atoms with Crippen molar-refractivity contribution in [2.45, 2.75) is 38.5 Å². The van der Waals surface area contributed by atoms with Crippen molar-refractivity contribution in [1.29, 1.82) is 0 Å². The first kappa shape index (κ1) is 26.8. The van der Waals surface area contributed by atoms with E-state index in [1.165, 1.54) is 19.2 Å². The van der Waals surface area contributed by atoms with E-state index in [1.807, 2.05) is 31.2 Å². The molecule has 3 aromatic carbocycles. The number of carbonyl (C=O) groups is 2. The molecule has 0 radical (unpaired) electrons. The van der Waals surface area contributed by atoms with Gasteiger partial charge in [0.25, 0.3) is 5.91 Å². The Labute approximate surface area is 208 Å². The highest BCUT2D eigenvalue weighted by Gasteiger charge is 2.29. The lowest BCUT2D eigenvalue weighted by Crippen LogP contribution is -2.26. The lowest BCUT2D eigenvalue weighted by molar-refractivity contribution is -0.140. The van der Waals surface area contributed by atoms with Crippen molar-refractivity contribution < 1.29 is 32.2 Å². The first-order valence-corrected chi connectivity index (χ1v) is 11.6. The van der Waals surface area contributed by atoms with Gasteiger partial charge in [0.15, 0.2) is 0 Å². The average Bonchev–Trinajstić information content (AvgIpc) is 2.88. The molecule has 0 saturated carbocycles. The van der Waals surface area contributed by atoms with Crippen LogP contribution in [0, 0.1) is 0 Å². The van der Waals surface area contributed by atoms with Crippen molar-refractivity contribution >= 4 is 11.9 Å². The number of nitrogens with one attached hydrogen (secondary N) is 1. The minimum Gasteiger partial charge on any atom is -0.490 e. The van der Waals surface area contributed by atoms with Crippen LogP contribution in [-0.4, -0.2) is 31.6 Å². The Hall–Kier alpha value is -3.81. The summed E-state index contributed by atoms with van der Waals surface area (Å²) >= 11 is 0. The monoisotopic (exact) mass is 499 g/mol. The Morgan fingerprint density at radius 1 is 0.889 bits per heavy atom. The zero-order chi connectivity index (χ0) is 26.1. The van der Waals surface area contributed by atoms with Gasteiger partial charge in [0.2, 0.25) is 0 Å². The molecule has 8 heteroatoms. The van der Waals surface area contributed by atoms with Gasteiger partial charge in [0.1, 0.15) is 11.9 Å². The molecule has 190 valence electrons. The number of amides is 1. The molecule has 1 atom stereocenters. The summed E-state index contributed by atoms with van der Waals surface area (Å²) in [5, 5.41) is 2.66. The summed E-state index contributed by atoms with van der Waals surface area (Å²) in [7, 11) is 1.30. The van der Waals surface area contributed by atoms with Crippen LogP contribution in [0.1, 0.15) is 41.3 Å². The van der Waals surface area contributed by atoms with Gasteiger partial charge in [-0.1, -0.05) is 43.3 Å². The Morgan fingerprint density at radius 2 is 1.47 bits per heavy atom. The van der Waals surface area contributed by atoms with Gasteiger partial charge in [0, 0.05) is 18.5 Å². The third-order valence-electron chi connectivity index (χ3n) is 5.68. The standard InChI is InChI=1S/C28H28F3NO4/c1-3-24(36-25-14-10-22(11-15-25)27(34)32-17-16-26(33)35-2)18-19-4-6-20(7-5-19)21-8-12-23(13-9-21)28(29,30)31/h4-15,24H,3,16-18H2,1-2H3,(H,32,34). The third kappa shape index (κ3) is 7.60. The van der Waals surface area contributed by atoms with E-state index in [0.29, 0.717) is 23.3 Å². The lowest BCUT2D eigenvalue weighted by atomic mass is 10.00. The molecule has 0 spiro atoms. The first-order valence-electron chi connectivity index (χ1n) is 11.6. The molecule has 1 N–H and O–H groups in total. The van der Waals surface area contributed by atoms with E-state index < -0.39 is 11.7 Å². The number of esters is 1. The molecule has 0 bridgehead atoms. The van der Waals surface area contributed by atoms with Crippen LogP contribution < -0.4 is 10.1 Å². The zero-order valence-corrected chi connectivity index (χ0v) is 20.1. The highest BCUT2D eigenvalue weighted by atomic mass is 19.4. The Morgan fingerprint density at radius 3 is 2.00 bits per heavy atom. The van der Waals surface area contributed by atoms with Gasteiger partial charge < -0.3 is 14.8 Å². The van der Waals surface area contributed by atoms with Crippen LogP contribution in [0.5, 0.6) is 5.75 Å². The molecular weight excluding hydrogens is 471 g/mol.